The molecule has 0 unspecified atom stereocenters. The summed E-state index contributed by atoms with van der Waals surface area (Å²) in [4.78, 5) is 38.5. The average Bonchev–Trinajstić information content (AvgIpc) is 2.73. The number of nitrogens with one attached hydrogen (secondary N) is 2. The number of nitrogens with zero attached hydrogens (tertiary/aromatic N) is 3. The van der Waals surface area contributed by atoms with Gasteiger partial charge in [0.05, 0.1) is 34.7 Å². The van der Waals surface area contributed by atoms with Gasteiger partial charge in [0.15, 0.2) is 0 Å². The SMILES string of the molecule is C[C@@H](C(=O)Nc1cccc2ncccc12)N(C)Cc1nc2ccccc2c(=O)[nH]1. The van der Waals surface area contributed by atoms with Crippen molar-refractivity contribution in [1.82, 2.24) is 19.9 Å². The summed E-state index contributed by atoms with van der Waals surface area (Å²) in [5, 5.41) is 4.42. The van der Waals surface area contributed by atoms with Gasteiger partial charge in [-0.15, -0.1) is 0 Å². The fraction of sp³-hybridized carbons (Fsp3) is 0.182. The van der Waals surface area contributed by atoms with Crippen LogP contribution in [0.1, 0.15) is 12.7 Å². The van der Waals surface area contributed by atoms with Gasteiger partial charge in [0.25, 0.3) is 5.56 Å². The van der Waals surface area contributed by atoms with Crippen molar-refractivity contribution in [3.63, 3.8) is 0 Å². The van der Waals surface area contributed by atoms with Gasteiger partial charge in [0.1, 0.15) is 5.82 Å². The smallest absolute Gasteiger partial charge is 0.258 e. The Kier molecular flexibility index (Phi) is 5.05. The summed E-state index contributed by atoms with van der Waals surface area (Å²) in [7, 11) is 1.82. The number of aromatic amines is 1. The highest BCUT2D eigenvalue weighted by Gasteiger charge is 2.20. The van der Waals surface area contributed by atoms with Crippen molar-refractivity contribution >= 4 is 33.4 Å². The fourth-order valence-electron chi connectivity index (χ4n) is 3.23. The van der Waals surface area contributed by atoms with Crippen molar-refractivity contribution in [2.45, 2.75) is 19.5 Å². The Morgan fingerprint density at radius 1 is 1.07 bits per heavy atom. The van der Waals surface area contributed by atoms with E-state index in [1.54, 1.807) is 24.4 Å². The van der Waals surface area contributed by atoms with E-state index >= 15 is 0 Å². The molecule has 2 aromatic heterocycles. The zero-order chi connectivity index (χ0) is 20.4. The van der Waals surface area contributed by atoms with Crippen molar-refractivity contribution in [2.75, 3.05) is 12.4 Å². The highest BCUT2D eigenvalue weighted by Crippen LogP contribution is 2.21. The van der Waals surface area contributed by atoms with E-state index in [0.29, 0.717) is 23.3 Å². The maximum Gasteiger partial charge on any atom is 0.258 e. The lowest BCUT2D eigenvalue weighted by Crippen LogP contribution is -2.39. The van der Waals surface area contributed by atoms with Crippen LogP contribution in [0.5, 0.6) is 0 Å². The van der Waals surface area contributed by atoms with Crippen molar-refractivity contribution < 1.29 is 4.79 Å². The third-order valence-electron chi connectivity index (χ3n) is 5.01. The molecule has 0 bridgehead atoms. The van der Waals surface area contributed by atoms with Gasteiger partial charge < -0.3 is 10.3 Å². The molecule has 2 heterocycles. The maximum absolute atomic E-state index is 12.8. The molecule has 4 rings (SSSR count). The van der Waals surface area contributed by atoms with Crippen LogP contribution >= 0.6 is 0 Å². The fourth-order valence-corrected chi connectivity index (χ4v) is 3.23. The van der Waals surface area contributed by atoms with Crippen molar-refractivity contribution in [3.05, 3.63) is 77.0 Å². The molecule has 2 aromatic carbocycles. The number of fused-ring (bicyclic) bond motifs is 2. The van der Waals surface area contributed by atoms with Gasteiger partial charge in [-0.2, -0.15) is 0 Å². The number of hydrogen-bond acceptors (Lipinski definition) is 5. The average molecular weight is 387 g/mol. The molecule has 29 heavy (non-hydrogen) atoms. The van der Waals surface area contributed by atoms with Crippen molar-refractivity contribution in [2.24, 2.45) is 0 Å². The second-order valence-electron chi connectivity index (χ2n) is 6.99. The minimum Gasteiger partial charge on any atom is -0.324 e. The Labute approximate surface area is 167 Å². The summed E-state index contributed by atoms with van der Waals surface area (Å²) >= 11 is 0. The molecular weight excluding hydrogens is 366 g/mol. The summed E-state index contributed by atoms with van der Waals surface area (Å²) in [5.41, 5.74) is 2.00. The van der Waals surface area contributed by atoms with E-state index in [0.717, 1.165) is 16.6 Å². The Morgan fingerprint density at radius 3 is 2.69 bits per heavy atom. The lowest BCUT2D eigenvalue weighted by molar-refractivity contribution is -0.120. The number of benzene rings is 2. The molecule has 2 N–H and O–H groups in total. The first-order valence-electron chi connectivity index (χ1n) is 9.36. The number of likely N-dealkylation sites (N-methyl/N-ethyl adjacent to an activating group) is 1. The van der Waals surface area contributed by atoms with Gasteiger partial charge in [-0.1, -0.05) is 18.2 Å². The molecule has 1 atom stereocenters. The number of hydrogen-bond donors (Lipinski definition) is 2. The number of para-hydroxylation sites is 1. The lowest BCUT2D eigenvalue weighted by Gasteiger charge is -2.23. The molecule has 0 fully saturated rings. The summed E-state index contributed by atoms with van der Waals surface area (Å²) in [6.45, 7) is 2.16. The van der Waals surface area contributed by atoms with E-state index < -0.39 is 6.04 Å². The molecule has 4 aromatic rings. The number of carbonyl (C=O) groups is 1. The second-order valence-corrected chi connectivity index (χ2v) is 6.99. The third kappa shape index (κ3) is 3.86. The molecule has 1 amide bonds. The van der Waals surface area contributed by atoms with Crippen LogP contribution in [-0.4, -0.2) is 38.8 Å². The van der Waals surface area contributed by atoms with Gasteiger partial charge in [-0.3, -0.25) is 19.5 Å². The van der Waals surface area contributed by atoms with Gasteiger partial charge in [-0.25, -0.2) is 4.98 Å². The molecule has 7 heteroatoms. The van der Waals surface area contributed by atoms with Crippen LogP contribution in [-0.2, 0) is 11.3 Å². The van der Waals surface area contributed by atoms with Crippen molar-refractivity contribution in [1.29, 1.82) is 0 Å². The number of carbonyl (C=O) groups excluding carboxylic acids is 1. The van der Waals surface area contributed by atoms with Gasteiger partial charge >= 0.3 is 0 Å². The number of amides is 1. The minimum atomic E-state index is -0.432. The number of H-pyrrole nitrogens is 1. The first-order valence-corrected chi connectivity index (χ1v) is 9.36. The summed E-state index contributed by atoms with van der Waals surface area (Å²) < 4.78 is 0. The zero-order valence-electron chi connectivity index (χ0n) is 16.2. The molecule has 7 nitrogen and oxygen atoms in total. The van der Waals surface area contributed by atoms with E-state index in [2.05, 4.69) is 20.3 Å². The molecular formula is C22H21N5O2. The maximum atomic E-state index is 12.8. The van der Waals surface area contributed by atoms with Crippen LogP contribution in [0.15, 0.2) is 65.6 Å². The van der Waals surface area contributed by atoms with Crippen LogP contribution in [0.25, 0.3) is 21.8 Å². The van der Waals surface area contributed by atoms with Crippen LogP contribution in [0, 0.1) is 0 Å². The van der Waals surface area contributed by atoms with E-state index in [4.69, 9.17) is 0 Å². The Balaban J connectivity index is 1.51. The number of pyridine rings is 1. The molecule has 0 saturated heterocycles. The molecule has 0 saturated carbocycles. The summed E-state index contributed by atoms with van der Waals surface area (Å²) in [6.07, 6.45) is 1.72. The Morgan fingerprint density at radius 2 is 1.83 bits per heavy atom. The van der Waals surface area contributed by atoms with Crippen molar-refractivity contribution in [3.8, 4) is 0 Å². The number of aromatic nitrogens is 3. The summed E-state index contributed by atoms with van der Waals surface area (Å²) in [5.74, 6) is 0.372. The predicted molar refractivity (Wildman–Crippen MR) is 114 cm³/mol. The molecule has 146 valence electrons. The molecule has 0 aliphatic carbocycles. The predicted octanol–water partition coefficient (Wildman–Crippen LogP) is 2.93. The standard InChI is InChI=1S/C22H21N5O2/c1-14(21(28)25-18-11-5-10-17-15(18)8-6-12-23-17)27(2)13-20-24-19-9-4-3-7-16(19)22(29)26-20/h3-12,14H,13H2,1-2H3,(H,25,28)(H,24,26,29)/t14-/m0/s1. The van der Waals surface area contributed by atoms with E-state index in [-0.39, 0.29) is 11.5 Å². The molecule has 0 spiro atoms. The van der Waals surface area contributed by atoms with E-state index in [1.807, 2.05) is 55.3 Å². The topological polar surface area (TPSA) is 91.0 Å². The Bertz CT molecular complexity index is 1250. The van der Waals surface area contributed by atoms with Gasteiger partial charge in [0.2, 0.25) is 5.91 Å². The molecule has 0 aliphatic heterocycles. The van der Waals surface area contributed by atoms with Crippen LogP contribution in [0.2, 0.25) is 0 Å². The van der Waals surface area contributed by atoms with E-state index in [1.165, 1.54) is 0 Å². The first kappa shape index (κ1) is 18.8. The molecule has 0 aliphatic rings. The zero-order valence-corrected chi connectivity index (χ0v) is 16.2. The second kappa shape index (κ2) is 7.81. The lowest BCUT2D eigenvalue weighted by atomic mass is 10.1. The third-order valence-corrected chi connectivity index (χ3v) is 5.01. The van der Waals surface area contributed by atoms with Crippen LogP contribution < -0.4 is 10.9 Å². The quantitative estimate of drug-likeness (QED) is 0.549. The van der Waals surface area contributed by atoms with E-state index in [9.17, 15) is 9.59 Å². The number of anilines is 1. The van der Waals surface area contributed by atoms with Crippen LogP contribution in [0.4, 0.5) is 5.69 Å². The normalized spacial score (nSPS) is 12.4. The highest BCUT2D eigenvalue weighted by molar-refractivity contribution is 6.02. The summed E-state index contributed by atoms with van der Waals surface area (Å²) in [6, 6.07) is 16.2. The van der Waals surface area contributed by atoms with Gasteiger partial charge in [-0.05, 0) is 50.4 Å². The van der Waals surface area contributed by atoms with Crippen LogP contribution in [0.3, 0.4) is 0 Å². The largest absolute Gasteiger partial charge is 0.324 e. The van der Waals surface area contributed by atoms with Gasteiger partial charge in [0, 0.05) is 11.6 Å². The molecule has 0 radical (unpaired) electrons. The first-order chi connectivity index (χ1) is 14.0. The minimum absolute atomic E-state index is 0.146. The monoisotopic (exact) mass is 387 g/mol. The number of rotatable bonds is 5. The Hall–Kier alpha value is -3.58. The highest BCUT2D eigenvalue weighted by atomic mass is 16.2.